The van der Waals surface area contributed by atoms with E-state index in [9.17, 15) is 14.0 Å². The third-order valence-electron chi connectivity index (χ3n) is 5.76. The van der Waals surface area contributed by atoms with E-state index in [0.717, 1.165) is 55.5 Å². The van der Waals surface area contributed by atoms with E-state index in [1.807, 2.05) is 0 Å². The normalized spacial score (nSPS) is 15.3. The van der Waals surface area contributed by atoms with Crippen LogP contribution in [0.15, 0.2) is 48.5 Å². The highest BCUT2D eigenvalue weighted by Crippen LogP contribution is 2.28. The minimum Gasteiger partial charge on any atom is -0.349 e. The van der Waals surface area contributed by atoms with E-state index in [-0.39, 0.29) is 23.7 Å². The van der Waals surface area contributed by atoms with Gasteiger partial charge >= 0.3 is 0 Å². The molecule has 0 unspecified atom stereocenters. The summed E-state index contributed by atoms with van der Waals surface area (Å²) in [7, 11) is 0. The molecular formula is C24H23FN4O2. The lowest BCUT2D eigenvalue weighted by Gasteiger charge is -2.14. The second kappa shape index (κ2) is 7.98. The van der Waals surface area contributed by atoms with Gasteiger partial charge in [-0.1, -0.05) is 6.07 Å². The number of halogens is 1. The van der Waals surface area contributed by atoms with E-state index in [4.69, 9.17) is 0 Å². The third-order valence-corrected chi connectivity index (χ3v) is 5.76. The van der Waals surface area contributed by atoms with Gasteiger partial charge in [-0.3, -0.25) is 9.59 Å². The Labute approximate surface area is 179 Å². The van der Waals surface area contributed by atoms with Gasteiger partial charge in [0.1, 0.15) is 5.82 Å². The highest BCUT2D eigenvalue weighted by atomic mass is 19.1. The zero-order valence-electron chi connectivity index (χ0n) is 17.0. The highest BCUT2D eigenvalue weighted by Gasteiger charge is 2.26. The van der Waals surface area contributed by atoms with E-state index >= 15 is 0 Å². The van der Waals surface area contributed by atoms with E-state index in [1.54, 1.807) is 41.1 Å². The Morgan fingerprint density at radius 1 is 1.00 bits per heavy atom. The minimum atomic E-state index is -0.312. The first-order valence-electron chi connectivity index (χ1n) is 10.7. The second-order valence-electron chi connectivity index (χ2n) is 8.15. The first-order valence-corrected chi connectivity index (χ1v) is 10.7. The lowest BCUT2D eigenvalue weighted by molar-refractivity contribution is 0.0949. The number of anilines is 1. The van der Waals surface area contributed by atoms with Gasteiger partial charge in [0.15, 0.2) is 5.69 Å². The minimum absolute atomic E-state index is 0.128. The van der Waals surface area contributed by atoms with Crippen molar-refractivity contribution in [3.05, 3.63) is 76.9 Å². The molecule has 3 aromatic rings. The van der Waals surface area contributed by atoms with E-state index in [1.165, 1.54) is 12.1 Å². The van der Waals surface area contributed by atoms with Gasteiger partial charge in [-0.15, -0.1) is 0 Å². The lowest BCUT2D eigenvalue weighted by atomic mass is 9.95. The van der Waals surface area contributed by atoms with Gasteiger partial charge < -0.3 is 10.6 Å². The molecule has 0 radical (unpaired) electrons. The van der Waals surface area contributed by atoms with Crippen LogP contribution >= 0.6 is 0 Å². The van der Waals surface area contributed by atoms with Crippen molar-refractivity contribution in [1.29, 1.82) is 0 Å². The van der Waals surface area contributed by atoms with Crippen molar-refractivity contribution in [3.63, 3.8) is 0 Å². The number of hydrogen-bond donors (Lipinski definition) is 2. The molecule has 2 amide bonds. The summed E-state index contributed by atoms with van der Waals surface area (Å²) in [5.74, 6) is -0.747. The predicted octanol–water partition coefficient (Wildman–Crippen LogP) is 4.03. The Bertz CT molecular complexity index is 1150. The number of benzene rings is 2. The molecule has 0 aliphatic heterocycles. The molecule has 31 heavy (non-hydrogen) atoms. The van der Waals surface area contributed by atoms with Gasteiger partial charge in [0.05, 0.1) is 5.69 Å². The first-order chi connectivity index (χ1) is 15.1. The second-order valence-corrected chi connectivity index (χ2v) is 8.15. The van der Waals surface area contributed by atoms with Crippen LogP contribution in [0, 0.1) is 5.82 Å². The number of nitrogens with one attached hydrogen (secondary N) is 2. The maximum atomic E-state index is 13.4. The summed E-state index contributed by atoms with van der Waals surface area (Å²) in [6.07, 6.45) is 5.67. The fourth-order valence-electron chi connectivity index (χ4n) is 4.00. The molecule has 1 aromatic heterocycles. The molecule has 0 atom stereocenters. The summed E-state index contributed by atoms with van der Waals surface area (Å²) in [4.78, 5) is 25.4. The van der Waals surface area contributed by atoms with Crippen molar-refractivity contribution >= 4 is 17.5 Å². The highest BCUT2D eigenvalue weighted by molar-refractivity contribution is 6.05. The van der Waals surface area contributed by atoms with Crippen LogP contribution < -0.4 is 10.6 Å². The Morgan fingerprint density at radius 2 is 1.77 bits per heavy atom. The predicted molar refractivity (Wildman–Crippen MR) is 115 cm³/mol. The maximum absolute atomic E-state index is 13.4. The Hall–Kier alpha value is -3.48. The average molecular weight is 418 g/mol. The summed E-state index contributed by atoms with van der Waals surface area (Å²) >= 11 is 0. The average Bonchev–Trinajstić information content (AvgIpc) is 3.51. The standard InChI is InChI=1S/C24H23FN4O2/c25-16-8-12-19(13-9-16)29-21-7-2-1-6-20(21)22(28-29)24(31)27-18-5-3-4-15(14-18)23(30)26-17-10-11-17/h3-5,8-9,12-14,17H,1-2,6-7,10-11H2,(H,26,30)(H,27,31). The van der Waals surface area contributed by atoms with Gasteiger partial charge in [-0.2, -0.15) is 5.10 Å². The number of nitrogens with zero attached hydrogens (tertiary/aromatic N) is 2. The van der Waals surface area contributed by atoms with Crippen LogP contribution in [0.4, 0.5) is 10.1 Å². The molecule has 1 heterocycles. The molecule has 1 saturated carbocycles. The molecule has 2 aromatic carbocycles. The summed E-state index contributed by atoms with van der Waals surface area (Å²) in [6, 6.07) is 13.3. The van der Waals surface area contributed by atoms with Gasteiger partial charge in [-0.05, 0) is 81.0 Å². The van der Waals surface area contributed by atoms with E-state index in [0.29, 0.717) is 16.9 Å². The Kier molecular flexibility index (Phi) is 5.02. The number of hydrogen-bond acceptors (Lipinski definition) is 3. The van der Waals surface area contributed by atoms with Gasteiger partial charge in [0.25, 0.3) is 11.8 Å². The number of carbonyl (C=O) groups excluding carboxylic acids is 2. The summed E-state index contributed by atoms with van der Waals surface area (Å²) < 4.78 is 15.1. The van der Waals surface area contributed by atoms with E-state index < -0.39 is 0 Å². The maximum Gasteiger partial charge on any atom is 0.276 e. The monoisotopic (exact) mass is 418 g/mol. The molecule has 0 saturated heterocycles. The number of aromatic nitrogens is 2. The lowest BCUT2D eigenvalue weighted by Crippen LogP contribution is -2.25. The van der Waals surface area contributed by atoms with Crippen LogP contribution in [0.5, 0.6) is 0 Å². The smallest absolute Gasteiger partial charge is 0.276 e. The van der Waals surface area contributed by atoms with Crippen molar-refractivity contribution < 1.29 is 14.0 Å². The van der Waals surface area contributed by atoms with Crippen molar-refractivity contribution in [2.24, 2.45) is 0 Å². The van der Waals surface area contributed by atoms with Crippen LogP contribution in [-0.2, 0) is 12.8 Å². The van der Waals surface area contributed by atoms with Crippen LogP contribution in [0.2, 0.25) is 0 Å². The van der Waals surface area contributed by atoms with E-state index in [2.05, 4.69) is 15.7 Å². The molecule has 2 aliphatic rings. The third kappa shape index (κ3) is 4.08. The molecule has 0 bridgehead atoms. The van der Waals surface area contributed by atoms with Crippen LogP contribution in [0.1, 0.15) is 57.8 Å². The zero-order valence-corrected chi connectivity index (χ0v) is 17.0. The molecule has 7 heteroatoms. The summed E-state index contributed by atoms with van der Waals surface area (Å²) in [5.41, 5.74) is 4.12. The molecule has 6 nitrogen and oxygen atoms in total. The van der Waals surface area contributed by atoms with Crippen molar-refractivity contribution in [3.8, 4) is 5.69 Å². The molecule has 5 rings (SSSR count). The quantitative estimate of drug-likeness (QED) is 0.657. The molecule has 1 fully saturated rings. The summed E-state index contributed by atoms with van der Waals surface area (Å²) in [5, 5.41) is 10.4. The Balaban J connectivity index is 1.42. The van der Waals surface area contributed by atoms with Crippen molar-refractivity contribution in [1.82, 2.24) is 15.1 Å². The molecule has 0 spiro atoms. The zero-order chi connectivity index (χ0) is 21.4. The topological polar surface area (TPSA) is 76.0 Å². The number of amides is 2. The SMILES string of the molecule is O=C(NC1CC1)c1cccc(NC(=O)c2nn(-c3ccc(F)cc3)c3c2CCCC3)c1. The van der Waals surface area contributed by atoms with Gasteiger partial charge in [0, 0.05) is 28.6 Å². The number of fused-ring (bicyclic) bond motifs is 1. The van der Waals surface area contributed by atoms with Crippen molar-refractivity contribution in [2.75, 3.05) is 5.32 Å². The van der Waals surface area contributed by atoms with Crippen LogP contribution in [0.3, 0.4) is 0 Å². The van der Waals surface area contributed by atoms with Gasteiger partial charge in [-0.25, -0.2) is 9.07 Å². The number of carbonyl (C=O) groups is 2. The van der Waals surface area contributed by atoms with Gasteiger partial charge in [0.2, 0.25) is 0 Å². The van der Waals surface area contributed by atoms with Crippen LogP contribution in [-0.4, -0.2) is 27.6 Å². The molecule has 2 N–H and O–H groups in total. The summed E-state index contributed by atoms with van der Waals surface area (Å²) in [6.45, 7) is 0. The molecule has 2 aliphatic carbocycles. The number of rotatable bonds is 5. The molecule has 158 valence electrons. The largest absolute Gasteiger partial charge is 0.349 e. The fourth-order valence-corrected chi connectivity index (χ4v) is 4.00. The van der Waals surface area contributed by atoms with Crippen LogP contribution in [0.25, 0.3) is 5.69 Å². The fraction of sp³-hybridized carbons (Fsp3) is 0.292. The van der Waals surface area contributed by atoms with Crippen molar-refractivity contribution in [2.45, 2.75) is 44.6 Å². The Morgan fingerprint density at radius 3 is 2.55 bits per heavy atom. The first kappa shape index (κ1) is 19.5. The molecular weight excluding hydrogens is 395 g/mol.